The summed E-state index contributed by atoms with van der Waals surface area (Å²) in [5.41, 5.74) is -0.0413. The molecule has 0 fully saturated rings. The molecular weight excluding hydrogens is 316 g/mol. The van der Waals surface area contributed by atoms with Crippen LogP contribution in [0.4, 0.5) is 5.69 Å². The maximum atomic E-state index is 12.7. The summed E-state index contributed by atoms with van der Waals surface area (Å²) in [7, 11) is 0. The van der Waals surface area contributed by atoms with Crippen LogP contribution >= 0.6 is 0 Å². The molecule has 1 atom stereocenters. The highest BCUT2D eigenvalue weighted by molar-refractivity contribution is 5.98. The van der Waals surface area contributed by atoms with Gasteiger partial charge in [0.25, 0.3) is 5.91 Å². The van der Waals surface area contributed by atoms with Crippen LogP contribution in [0.3, 0.4) is 0 Å². The number of hydrogen-bond acceptors (Lipinski definition) is 4. The van der Waals surface area contributed by atoms with Gasteiger partial charge in [0, 0.05) is 6.61 Å². The van der Waals surface area contributed by atoms with Gasteiger partial charge in [-0.25, -0.2) is 0 Å². The van der Waals surface area contributed by atoms with Gasteiger partial charge in [-0.05, 0) is 43.9 Å². The molecule has 0 radical (unpaired) electrons. The first-order valence-corrected chi connectivity index (χ1v) is 8.98. The molecule has 25 heavy (non-hydrogen) atoms. The molecule has 0 aliphatic heterocycles. The van der Waals surface area contributed by atoms with E-state index >= 15 is 0 Å². The van der Waals surface area contributed by atoms with E-state index in [9.17, 15) is 10.1 Å². The van der Waals surface area contributed by atoms with Crippen LogP contribution in [-0.2, 0) is 9.53 Å². The lowest BCUT2D eigenvalue weighted by atomic mass is 9.98. The summed E-state index contributed by atoms with van der Waals surface area (Å²) in [5, 5.41) is 12.2. The van der Waals surface area contributed by atoms with Crippen molar-refractivity contribution in [2.24, 2.45) is 5.92 Å². The molecule has 1 rings (SSSR count). The molecule has 0 spiro atoms. The van der Waals surface area contributed by atoms with E-state index in [1.807, 2.05) is 13.8 Å². The van der Waals surface area contributed by atoms with E-state index in [1.54, 1.807) is 25.1 Å². The lowest BCUT2D eigenvalue weighted by molar-refractivity contribution is -0.140. The smallest absolute Gasteiger partial charge is 0.256 e. The van der Waals surface area contributed by atoms with Crippen molar-refractivity contribution in [1.29, 1.82) is 5.26 Å². The van der Waals surface area contributed by atoms with E-state index in [-0.39, 0.29) is 5.91 Å². The largest absolute Gasteiger partial charge is 0.493 e. The fourth-order valence-electron chi connectivity index (χ4n) is 2.39. The minimum atomic E-state index is -0.899. The van der Waals surface area contributed by atoms with Crippen molar-refractivity contribution >= 4 is 11.6 Å². The average Bonchev–Trinajstić information content (AvgIpc) is 2.59. The Morgan fingerprint density at radius 2 is 2.04 bits per heavy atom. The van der Waals surface area contributed by atoms with E-state index < -0.39 is 5.60 Å². The molecule has 0 aliphatic carbocycles. The van der Waals surface area contributed by atoms with Gasteiger partial charge in [-0.3, -0.25) is 4.79 Å². The number of benzene rings is 1. The number of anilines is 1. The molecule has 1 aromatic carbocycles. The highest BCUT2D eigenvalue weighted by atomic mass is 16.5. The summed E-state index contributed by atoms with van der Waals surface area (Å²) < 4.78 is 11.4. The molecule has 1 N–H and O–H groups in total. The molecule has 0 aliphatic rings. The Balaban J connectivity index is 2.92. The first-order valence-electron chi connectivity index (χ1n) is 8.98. The Labute approximate surface area is 151 Å². The maximum Gasteiger partial charge on any atom is 0.256 e. The first-order chi connectivity index (χ1) is 11.9. The van der Waals surface area contributed by atoms with Crippen LogP contribution in [-0.4, -0.2) is 24.7 Å². The minimum Gasteiger partial charge on any atom is -0.493 e. The Bertz CT molecular complexity index is 607. The number of carbonyl (C=O) groups excluding carboxylic acids is 1. The molecule has 1 amide bonds. The zero-order valence-electron chi connectivity index (χ0n) is 16.0. The number of ether oxygens (including phenoxy) is 2. The zero-order chi connectivity index (χ0) is 18.9. The van der Waals surface area contributed by atoms with Gasteiger partial charge in [0.05, 0.1) is 17.9 Å². The van der Waals surface area contributed by atoms with Crippen molar-refractivity contribution in [3.8, 4) is 11.8 Å². The summed E-state index contributed by atoms with van der Waals surface area (Å²) >= 11 is 0. The summed E-state index contributed by atoms with van der Waals surface area (Å²) in [5.74, 6) is 0.798. The van der Waals surface area contributed by atoms with E-state index in [1.165, 1.54) is 0 Å². The molecule has 0 saturated carbocycles. The van der Waals surface area contributed by atoms with Crippen LogP contribution in [0.25, 0.3) is 0 Å². The Kier molecular flexibility index (Phi) is 8.44. The SMILES string of the molecule is CCCO[C@](C)(CCC)C(=O)Nc1ccc(OCC(C)C)cc1C#N. The molecule has 0 aromatic heterocycles. The zero-order valence-corrected chi connectivity index (χ0v) is 16.0. The summed E-state index contributed by atoms with van der Waals surface area (Å²) in [6, 6.07) is 7.25. The summed E-state index contributed by atoms with van der Waals surface area (Å²) in [6.07, 6.45) is 2.30. The molecule has 0 unspecified atom stereocenters. The standard InChI is InChI=1S/C20H30N2O3/c1-6-10-20(5,25-11-7-2)19(23)22-18-9-8-17(12-16(18)13-21)24-14-15(3)4/h8-9,12,15H,6-7,10-11,14H2,1-5H3,(H,22,23)/t20-/m1/s1. The lowest BCUT2D eigenvalue weighted by Gasteiger charge is -2.28. The third-order valence-corrected chi connectivity index (χ3v) is 3.78. The Morgan fingerprint density at radius 1 is 1.32 bits per heavy atom. The van der Waals surface area contributed by atoms with Gasteiger partial charge in [-0.15, -0.1) is 0 Å². The second kappa shape index (κ2) is 10.0. The molecule has 0 saturated heterocycles. The van der Waals surface area contributed by atoms with E-state index in [4.69, 9.17) is 9.47 Å². The topological polar surface area (TPSA) is 71.3 Å². The summed E-state index contributed by atoms with van der Waals surface area (Å²) in [6.45, 7) is 11.0. The number of carbonyl (C=O) groups is 1. The van der Waals surface area contributed by atoms with Gasteiger partial charge in [0.15, 0.2) is 0 Å². The van der Waals surface area contributed by atoms with Crippen LogP contribution in [0.5, 0.6) is 5.75 Å². The van der Waals surface area contributed by atoms with Crippen molar-refractivity contribution in [2.75, 3.05) is 18.5 Å². The fraction of sp³-hybridized carbons (Fsp3) is 0.600. The molecular formula is C20H30N2O3. The third-order valence-electron chi connectivity index (χ3n) is 3.78. The minimum absolute atomic E-state index is 0.227. The van der Waals surface area contributed by atoms with Gasteiger partial charge in [0.2, 0.25) is 0 Å². The van der Waals surface area contributed by atoms with E-state index in [0.717, 1.165) is 12.8 Å². The van der Waals surface area contributed by atoms with Crippen LogP contribution in [0.15, 0.2) is 18.2 Å². The number of nitrogens with zero attached hydrogens (tertiary/aromatic N) is 1. The molecule has 0 bridgehead atoms. The molecule has 138 valence electrons. The van der Waals surface area contributed by atoms with Gasteiger partial charge < -0.3 is 14.8 Å². The normalized spacial score (nSPS) is 13.2. The number of amides is 1. The van der Waals surface area contributed by atoms with Gasteiger partial charge in [-0.1, -0.05) is 34.1 Å². The fourth-order valence-corrected chi connectivity index (χ4v) is 2.39. The summed E-state index contributed by atoms with van der Waals surface area (Å²) in [4.78, 5) is 12.7. The molecule has 0 heterocycles. The number of rotatable bonds is 10. The lowest BCUT2D eigenvalue weighted by Crippen LogP contribution is -2.43. The predicted octanol–water partition coefficient (Wildman–Crippen LogP) is 4.52. The first kappa shape index (κ1) is 21.0. The number of nitriles is 1. The van der Waals surface area contributed by atoms with Crippen LogP contribution < -0.4 is 10.1 Å². The molecule has 5 nitrogen and oxygen atoms in total. The second-order valence-corrected chi connectivity index (χ2v) is 6.81. The van der Waals surface area contributed by atoms with Crippen LogP contribution in [0.2, 0.25) is 0 Å². The monoisotopic (exact) mass is 346 g/mol. The average molecular weight is 346 g/mol. The van der Waals surface area contributed by atoms with Crippen molar-refractivity contribution in [3.05, 3.63) is 23.8 Å². The second-order valence-electron chi connectivity index (χ2n) is 6.81. The van der Waals surface area contributed by atoms with Gasteiger partial charge in [0.1, 0.15) is 17.4 Å². The van der Waals surface area contributed by atoms with Gasteiger partial charge in [-0.2, -0.15) is 5.26 Å². The quantitative estimate of drug-likeness (QED) is 0.676. The van der Waals surface area contributed by atoms with E-state index in [2.05, 4.69) is 25.2 Å². The van der Waals surface area contributed by atoms with Crippen LogP contribution in [0.1, 0.15) is 59.4 Å². The highest BCUT2D eigenvalue weighted by Crippen LogP contribution is 2.25. The van der Waals surface area contributed by atoms with Gasteiger partial charge >= 0.3 is 0 Å². The Hall–Kier alpha value is -2.06. The van der Waals surface area contributed by atoms with Crippen molar-refractivity contribution in [2.45, 2.75) is 59.5 Å². The van der Waals surface area contributed by atoms with E-state index in [0.29, 0.717) is 42.6 Å². The predicted molar refractivity (Wildman–Crippen MR) is 99.7 cm³/mol. The Morgan fingerprint density at radius 3 is 2.60 bits per heavy atom. The maximum absolute atomic E-state index is 12.7. The number of hydrogen-bond donors (Lipinski definition) is 1. The van der Waals surface area contributed by atoms with Crippen molar-refractivity contribution < 1.29 is 14.3 Å². The highest BCUT2D eigenvalue weighted by Gasteiger charge is 2.33. The number of nitrogens with one attached hydrogen (secondary N) is 1. The molecule has 1 aromatic rings. The molecule has 5 heteroatoms. The third kappa shape index (κ3) is 6.39. The van der Waals surface area contributed by atoms with Crippen molar-refractivity contribution in [3.63, 3.8) is 0 Å². The van der Waals surface area contributed by atoms with Crippen LogP contribution in [0, 0.1) is 17.2 Å². The van der Waals surface area contributed by atoms with Crippen molar-refractivity contribution in [1.82, 2.24) is 0 Å².